The fraction of sp³-hybridized carbons (Fsp3) is 0.588. The van der Waals surface area contributed by atoms with Crippen LogP contribution in [0.15, 0.2) is 30.3 Å². The van der Waals surface area contributed by atoms with Crippen molar-refractivity contribution in [2.45, 2.75) is 51.9 Å². The molecule has 0 amide bonds. The van der Waals surface area contributed by atoms with Gasteiger partial charge in [-0.1, -0.05) is 62.9 Å². The highest BCUT2D eigenvalue weighted by molar-refractivity contribution is 5.95. The molecule has 0 aromatic heterocycles. The molecule has 0 bridgehead atoms. The first kappa shape index (κ1) is 13.3. The van der Waals surface area contributed by atoms with Crippen LogP contribution >= 0.6 is 0 Å². The number of hydrogen-bond acceptors (Lipinski definition) is 1. The zero-order valence-electron chi connectivity index (χ0n) is 11.4. The SMILES string of the molecule is CCC1CCCC(CCC(=O)c2ccccc2)C1. The first-order valence-electron chi connectivity index (χ1n) is 7.37. The van der Waals surface area contributed by atoms with Gasteiger partial charge in [0.15, 0.2) is 5.78 Å². The molecule has 1 aliphatic carbocycles. The lowest BCUT2D eigenvalue weighted by atomic mass is 9.78. The van der Waals surface area contributed by atoms with Gasteiger partial charge >= 0.3 is 0 Å². The molecule has 0 radical (unpaired) electrons. The molecule has 0 spiro atoms. The fourth-order valence-electron chi connectivity index (χ4n) is 3.14. The zero-order valence-corrected chi connectivity index (χ0v) is 11.4. The average molecular weight is 244 g/mol. The smallest absolute Gasteiger partial charge is 0.162 e. The van der Waals surface area contributed by atoms with E-state index < -0.39 is 0 Å². The van der Waals surface area contributed by atoms with Crippen molar-refractivity contribution in [1.82, 2.24) is 0 Å². The molecule has 0 heterocycles. The number of ketones is 1. The molecule has 0 aliphatic heterocycles. The lowest BCUT2D eigenvalue weighted by Crippen LogP contribution is -2.16. The Bertz CT molecular complexity index is 368. The Morgan fingerprint density at radius 2 is 1.89 bits per heavy atom. The van der Waals surface area contributed by atoms with Crippen LogP contribution in [0.3, 0.4) is 0 Å². The molecule has 1 fully saturated rings. The van der Waals surface area contributed by atoms with Crippen molar-refractivity contribution < 1.29 is 4.79 Å². The Labute approximate surface area is 111 Å². The summed E-state index contributed by atoms with van der Waals surface area (Å²) >= 11 is 0. The van der Waals surface area contributed by atoms with Crippen molar-refractivity contribution in [1.29, 1.82) is 0 Å². The van der Waals surface area contributed by atoms with Gasteiger partial charge in [0, 0.05) is 12.0 Å². The molecule has 2 unspecified atom stereocenters. The zero-order chi connectivity index (χ0) is 12.8. The largest absolute Gasteiger partial charge is 0.294 e. The van der Waals surface area contributed by atoms with E-state index in [1.54, 1.807) is 0 Å². The predicted octanol–water partition coefficient (Wildman–Crippen LogP) is 4.87. The molecular weight excluding hydrogens is 220 g/mol. The van der Waals surface area contributed by atoms with Gasteiger partial charge in [-0.05, 0) is 24.7 Å². The molecule has 98 valence electrons. The molecule has 18 heavy (non-hydrogen) atoms. The molecule has 1 saturated carbocycles. The van der Waals surface area contributed by atoms with Gasteiger partial charge in [0.25, 0.3) is 0 Å². The first-order valence-corrected chi connectivity index (χ1v) is 7.37. The third-order valence-corrected chi connectivity index (χ3v) is 4.34. The van der Waals surface area contributed by atoms with Crippen molar-refractivity contribution >= 4 is 5.78 Å². The number of rotatable bonds is 5. The average Bonchev–Trinajstić information content (AvgIpc) is 2.46. The minimum absolute atomic E-state index is 0.314. The van der Waals surface area contributed by atoms with Crippen molar-refractivity contribution in [2.24, 2.45) is 11.8 Å². The minimum atomic E-state index is 0.314. The quantitative estimate of drug-likeness (QED) is 0.676. The van der Waals surface area contributed by atoms with E-state index in [2.05, 4.69) is 6.92 Å². The highest BCUT2D eigenvalue weighted by Crippen LogP contribution is 2.33. The summed E-state index contributed by atoms with van der Waals surface area (Å²) in [4.78, 5) is 12.0. The van der Waals surface area contributed by atoms with E-state index in [9.17, 15) is 4.79 Å². The third kappa shape index (κ3) is 3.69. The number of carbonyl (C=O) groups excluding carboxylic acids is 1. The molecular formula is C17H24O. The van der Waals surface area contributed by atoms with Crippen molar-refractivity contribution in [3.8, 4) is 0 Å². The van der Waals surface area contributed by atoms with Crippen LogP contribution in [0.25, 0.3) is 0 Å². The molecule has 1 aromatic carbocycles. The monoisotopic (exact) mass is 244 g/mol. The second-order valence-corrected chi connectivity index (χ2v) is 5.63. The van der Waals surface area contributed by atoms with Gasteiger partial charge in [-0.3, -0.25) is 4.79 Å². The summed E-state index contributed by atoms with van der Waals surface area (Å²) in [5.74, 6) is 2.01. The molecule has 1 aromatic rings. The molecule has 2 rings (SSSR count). The van der Waals surface area contributed by atoms with Crippen molar-refractivity contribution in [2.75, 3.05) is 0 Å². The summed E-state index contributed by atoms with van der Waals surface area (Å²) < 4.78 is 0. The maximum Gasteiger partial charge on any atom is 0.162 e. The van der Waals surface area contributed by atoms with Gasteiger partial charge in [0.05, 0.1) is 0 Å². The topological polar surface area (TPSA) is 17.1 Å². The van der Waals surface area contributed by atoms with Crippen LogP contribution < -0.4 is 0 Å². The number of Topliss-reactive ketones (excluding diaryl/α,β-unsaturated/α-hetero) is 1. The van der Waals surface area contributed by atoms with Crippen molar-refractivity contribution in [3.63, 3.8) is 0 Å². The molecule has 0 N–H and O–H groups in total. The predicted molar refractivity (Wildman–Crippen MR) is 75.7 cm³/mol. The summed E-state index contributed by atoms with van der Waals surface area (Å²) in [5.41, 5.74) is 0.875. The number of hydrogen-bond donors (Lipinski definition) is 0. The first-order chi connectivity index (χ1) is 8.79. The standard InChI is InChI=1S/C17H24O/c1-2-14-7-6-8-15(13-14)11-12-17(18)16-9-4-3-5-10-16/h3-5,9-10,14-15H,2,6-8,11-13H2,1H3. The highest BCUT2D eigenvalue weighted by atomic mass is 16.1. The number of benzene rings is 1. The normalized spacial score (nSPS) is 23.8. The van der Waals surface area contributed by atoms with Crippen LogP contribution in [0.5, 0.6) is 0 Å². The Balaban J connectivity index is 1.79. The summed E-state index contributed by atoms with van der Waals surface area (Å²) in [6, 6.07) is 9.71. The van der Waals surface area contributed by atoms with Gasteiger partial charge in [-0.15, -0.1) is 0 Å². The van der Waals surface area contributed by atoms with Crippen LogP contribution in [-0.2, 0) is 0 Å². The third-order valence-electron chi connectivity index (χ3n) is 4.34. The second kappa shape index (κ2) is 6.72. The van der Waals surface area contributed by atoms with Gasteiger partial charge in [-0.25, -0.2) is 0 Å². The Morgan fingerprint density at radius 1 is 1.17 bits per heavy atom. The Kier molecular flexibility index (Phi) is 4.98. The Hall–Kier alpha value is -1.11. The molecule has 2 atom stereocenters. The maximum absolute atomic E-state index is 12.0. The van der Waals surface area contributed by atoms with Crippen LogP contribution in [-0.4, -0.2) is 5.78 Å². The summed E-state index contributed by atoms with van der Waals surface area (Å²) in [7, 11) is 0. The van der Waals surface area contributed by atoms with Gasteiger partial charge in [0.2, 0.25) is 0 Å². The molecule has 0 saturated heterocycles. The summed E-state index contributed by atoms with van der Waals surface area (Å²) in [6.45, 7) is 2.29. The highest BCUT2D eigenvalue weighted by Gasteiger charge is 2.21. The van der Waals surface area contributed by atoms with E-state index in [1.165, 1.54) is 32.1 Å². The fourth-order valence-corrected chi connectivity index (χ4v) is 3.14. The molecule has 1 aliphatic rings. The van der Waals surface area contributed by atoms with E-state index in [0.717, 1.165) is 30.2 Å². The van der Waals surface area contributed by atoms with E-state index in [4.69, 9.17) is 0 Å². The van der Waals surface area contributed by atoms with Gasteiger partial charge < -0.3 is 0 Å². The summed E-state index contributed by atoms with van der Waals surface area (Å²) in [5, 5.41) is 0. The van der Waals surface area contributed by atoms with Crippen LogP contribution in [0.1, 0.15) is 62.2 Å². The lowest BCUT2D eigenvalue weighted by Gasteiger charge is -2.28. The van der Waals surface area contributed by atoms with Crippen molar-refractivity contribution in [3.05, 3.63) is 35.9 Å². The van der Waals surface area contributed by atoms with E-state index >= 15 is 0 Å². The van der Waals surface area contributed by atoms with Crippen LogP contribution in [0, 0.1) is 11.8 Å². The Morgan fingerprint density at radius 3 is 2.61 bits per heavy atom. The lowest BCUT2D eigenvalue weighted by molar-refractivity contribution is 0.0966. The second-order valence-electron chi connectivity index (χ2n) is 5.63. The minimum Gasteiger partial charge on any atom is -0.294 e. The van der Waals surface area contributed by atoms with Crippen LogP contribution in [0.2, 0.25) is 0 Å². The maximum atomic E-state index is 12.0. The number of carbonyl (C=O) groups is 1. The molecule has 1 nitrogen and oxygen atoms in total. The van der Waals surface area contributed by atoms with E-state index in [1.807, 2.05) is 30.3 Å². The van der Waals surface area contributed by atoms with E-state index in [-0.39, 0.29) is 0 Å². The van der Waals surface area contributed by atoms with E-state index in [0.29, 0.717) is 5.78 Å². The van der Waals surface area contributed by atoms with Crippen LogP contribution in [0.4, 0.5) is 0 Å². The summed E-state index contributed by atoms with van der Waals surface area (Å²) in [6.07, 6.45) is 8.57. The molecule has 1 heteroatoms. The van der Waals surface area contributed by atoms with Gasteiger partial charge in [0.1, 0.15) is 0 Å². The van der Waals surface area contributed by atoms with Gasteiger partial charge in [-0.2, -0.15) is 0 Å².